The number of carbonyl (C=O) groups is 1. The van der Waals surface area contributed by atoms with E-state index < -0.39 is 0 Å². The summed E-state index contributed by atoms with van der Waals surface area (Å²) in [5.41, 5.74) is 10.5. The van der Waals surface area contributed by atoms with Crippen LogP contribution < -0.4 is 5.32 Å². The molecule has 2 aromatic carbocycles. The number of aliphatic hydroxyl groups is 1. The monoisotopic (exact) mass is 444 g/mol. The first-order chi connectivity index (χ1) is 13.5. The second-order valence-electron chi connectivity index (χ2n) is 7.09. The number of nitrogens with zero attached hydrogens (tertiary/aromatic N) is 2. The summed E-state index contributed by atoms with van der Waals surface area (Å²) in [4.78, 5) is 12.6. The number of hydrogen-bond donors (Lipinski definition) is 3. The Bertz CT molecular complexity index is 940. The van der Waals surface area contributed by atoms with E-state index in [1.807, 2.05) is 12.1 Å². The van der Waals surface area contributed by atoms with Crippen LogP contribution in [0.4, 0.5) is 0 Å². The van der Waals surface area contributed by atoms with Gasteiger partial charge >= 0.3 is 0 Å². The minimum absolute atomic E-state index is 0.0770. The van der Waals surface area contributed by atoms with E-state index in [1.165, 1.54) is 5.56 Å². The molecule has 0 aliphatic rings. The number of fused-ring (bicyclic) bond motifs is 3. The lowest BCUT2D eigenvalue weighted by molar-refractivity contribution is -0.118. The first-order valence-corrected chi connectivity index (χ1v) is 10.2. The Morgan fingerprint density at radius 3 is 2.68 bits per heavy atom. The molecule has 0 spiro atoms. The van der Waals surface area contributed by atoms with Gasteiger partial charge in [-0.05, 0) is 50.1 Å². The average molecular weight is 445 g/mol. The summed E-state index contributed by atoms with van der Waals surface area (Å²) in [7, 11) is 0. The van der Waals surface area contributed by atoms with Gasteiger partial charge in [-0.1, -0.05) is 27.6 Å². The van der Waals surface area contributed by atoms with Crippen molar-refractivity contribution in [2.75, 3.05) is 19.7 Å². The third kappa shape index (κ3) is 4.66. The maximum Gasteiger partial charge on any atom is 0.166 e. The topological polar surface area (TPSA) is 90.5 Å². The molecular formula is C21H25BrN4O2. The SMILES string of the molecule is Cc1ccc2c(c1)c1cc(Br)ccc1n2CC(=O)CNCC(CCCO)N=N. The second-order valence-corrected chi connectivity index (χ2v) is 8.00. The van der Waals surface area contributed by atoms with Crippen LogP contribution in [0.25, 0.3) is 21.8 Å². The van der Waals surface area contributed by atoms with Crippen LogP contribution >= 0.6 is 15.9 Å². The molecule has 1 heterocycles. The Kier molecular flexibility index (Phi) is 6.93. The highest BCUT2D eigenvalue weighted by atomic mass is 79.9. The summed E-state index contributed by atoms with van der Waals surface area (Å²) in [6.07, 6.45) is 1.25. The van der Waals surface area contributed by atoms with Gasteiger partial charge in [-0.15, -0.1) is 0 Å². The number of aromatic nitrogens is 1. The number of rotatable bonds is 10. The maximum atomic E-state index is 12.6. The zero-order valence-corrected chi connectivity index (χ0v) is 17.5. The highest BCUT2D eigenvalue weighted by Crippen LogP contribution is 2.31. The Hall–Kier alpha value is -2.09. The molecule has 1 atom stereocenters. The number of halogens is 1. The standard InChI is InChI=1S/C21H25BrN4O2/c1-14-4-6-20-18(9-14)19-10-15(22)5-7-21(19)26(20)13-17(28)12-24-11-16(25-23)3-2-8-27/h4-7,9-10,16,23-24,27H,2-3,8,11-13H2,1H3. The molecule has 6 nitrogen and oxygen atoms in total. The van der Waals surface area contributed by atoms with Gasteiger partial charge in [-0.2, -0.15) is 5.11 Å². The van der Waals surface area contributed by atoms with E-state index in [1.54, 1.807) is 0 Å². The summed E-state index contributed by atoms with van der Waals surface area (Å²) >= 11 is 3.54. The molecule has 0 saturated heterocycles. The van der Waals surface area contributed by atoms with Crippen molar-refractivity contribution in [3.63, 3.8) is 0 Å². The number of carbonyl (C=O) groups excluding carboxylic acids is 1. The van der Waals surface area contributed by atoms with E-state index in [9.17, 15) is 4.79 Å². The molecule has 148 valence electrons. The Morgan fingerprint density at radius 1 is 1.25 bits per heavy atom. The van der Waals surface area contributed by atoms with E-state index in [0.29, 0.717) is 19.4 Å². The molecule has 0 fully saturated rings. The summed E-state index contributed by atoms with van der Waals surface area (Å²) in [5.74, 6) is 0.0770. The van der Waals surface area contributed by atoms with E-state index in [2.05, 4.69) is 62.1 Å². The fourth-order valence-corrected chi connectivity index (χ4v) is 3.87. The molecule has 0 amide bonds. The summed E-state index contributed by atoms with van der Waals surface area (Å²) in [6.45, 7) is 3.15. The minimum Gasteiger partial charge on any atom is -0.396 e. The Balaban J connectivity index is 1.76. The van der Waals surface area contributed by atoms with Crippen LogP contribution in [0.2, 0.25) is 0 Å². The fourth-order valence-electron chi connectivity index (χ4n) is 3.51. The summed E-state index contributed by atoms with van der Waals surface area (Å²) < 4.78 is 3.08. The Labute approximate surface area is 172 Å². The normalized spacial score (nSPS) is 12.5. The van der Waals surface area contributed by atoms with Gasteiger partial charge < -0.3 is 15.0 Å². The molecular weight excluding hydrogens is 420 g/mol. The van der Waals surface area contributed by atoms with Gasteiger partial charge in [0.2, 0.25) is 0 Å². The van der Waals surface area contributed by atoms with Gasteiger partial charge in [0.1, 0.15) is 0 Å². The van der Waals surface area contributed by atoms with Crippen molar-refractivity contribution in [3.8, 4) is 0 Å². The second kappa shape index (κ2) is 9.41. The van der Waals surface area contributed by atoms with Gasteiger partial charge in [0.25, 0.3) is 0 Å². The Morgan fingerprint density at radius 2 is 1.96 bits per heavy atom. The predicted octanol–water partition coefficient (Wildman–Crippen LogP) is 4.20. The molecule has 28 heavy (non-hydrogen) atoms. The molecule has 0 radical (unpaired) electrons. The van der Waals surface area contributed by atoms with Gasteiger partial charge in [0.05, 0.1) is 19.1 Å². The highest BCUT2D eigenvalue weighted by molar-refractivity contribution is 9.10. The van der Waals surface area contributed by atoms with E-state index >= 15 is 0 Å². The van der Waals surface area contributed by atoms with E-state index in [-0.39, 0.29) is 31.5 Å². The van der Waals surface area contributed by atoms with E-state index in [4.69, 9.17) is 10.6 Å². The van der Waals surface area contributed by atoms with Crippen LogP contribution in [0, 0.1) is 12.5 Å². The predicted molar refractivity (Wildman–Crippen MR) is 115 cm³/mol. The molecule has 3 aromatic rings. The molecule has 7 heteroatoms. The molecule has 0 bridgehead atoms. The highest BCUT2D eigenvalue weighted by Gasteiger charge is 2.14. The van der Waals surface area contributed by atoms with Crippen molar-refractivity contribution in [1.29, 1.82) is 5.53 Å². The van der Waals surface area contributed by atoms with Crippen molar-refractivity contribution in [3.05, 3.63) is 46.4 Å². The third-order valence-corrected chi connectivity index (χ3v) is 5.39. The van der Waals surface area contributed by atoms with Crippen LogP contribution in [0.5, 0.6) is 0 Å². The van der Waals surface area contributed by atoms with Crippen molar-refractivity contribution < 1.29 is 9.90 Å². The fraction of sp³-hybridized carbons (Fsp3) is 0.381. The summed E-state index contributed by atoms with van der Waals surface area (Å²) in [6, 6.07) is 12.2. The number of hydrogen-bond acceptors (Lipinski definition) is 5. The van der Waals surface area contributed by atoms with Crippen molar-refractivity contribution in [2.24, 2.45) is 5.11 Å². The minimum atomic E-state index is -0.200. The van der Waals surface area contributed by atoms with E-state index in [0.717, 1.165) is 26.3 Å². The molecule has 3 N–H and O–H groups in total. The van der Waals surface area contributed by atoms with Gasteiger partial charge in [0, 0.05) is 39.4 Å². The van der Waals surface area contributed by atoms with Gasteiger partial charge in [0.15, 0.2) is 5.78 Å². The van der Waals surface area contributed by atoms with Crippen LogP contribution in [0.1, 0.15) is 18.4 Å². The molecule has 1 unspecified atom stereocenters. The maximum absolute atomic E-state index is 12.6. The van der Waals surface area contributed by atoms with Gasteiger partial charge in [-0.25, -0.2) is 5.53 Å². The zero-order valence-electron chi connectivity index (χ0n) is 15.9. The van der Waals surface area contributed by atoms with Crippen LogP contribution in [-0.2, 0) is 11.3 Å². The van der Waals surface area contributed by atoms with Crippen molar-refractivity contribution in [1.82, 2.24) is 9.88 Å². The van der Waals surface area contributed by atoms with Gasteiger partial charge in [-0.3, -0.25) is 4.79 Å². The number of benzene rings is 2. The molecule has 0 aliphatic heterocycles. The van der Waals surface area contributed by atoms with Crippen molar-refractivity contribution in [2.45, 2.75) is 32.4 Å². The number of aliphatic hydroxyl groups excluding tert-OH is 1. The smallest absolute Gasteiger partial charge is 0.166 e. The number of Topliss-reactive ketones (excluding diaryl/α,β-unsaturated/α-hetero) is 1. The lowest BCUT2D eigenvalue weighted by Gasteiger charge is -2.12. The summed E-state index contributed by atoms with van der Waals surface area (Å²) in [5, 5.41) is 17.8. The molecule has 3 rings (SSSR count). The average Bonchev–Trinajstić information content (AvgIpc) is 2.96. The lowest BCUT2D eigenvalue weighted by Crippen LogP contribution is -2.32. The van der Waals surface area contributed by atoms with Crippen molar-refractivity contribution >= 4 is 43.5 Å². The number of nitrogens with one attached hydrogen (secondary N) is 2. The quantitative estimate of drug-likeness (QED) is 0.409. The first kappa shape index (κ1) is 20.6. The van der Waals surface area contributed by atoms with Crippen LogP contribution in [0.15, 0.2) is 46.0 Å². The first-order valence-electron chi connectivity index (χ1n) is 9.41. The molecule has 0 saturated carbocycles. The van der Waals surface area contributed by atoms with Crippen LogP contribution in [-0.4, -0.2) is 41.2 Å². The van der Waals surface area contributed by atoms with Crippen LogP contribution in [0.3, 0.4) is 0 Å². The largest absolute Gasteiger partial charge is 0.396 e. The number of ketones is 1. The number of aryl methyl sites for hydroxylation is 1. The third-order valence-electron chi connectivity index (χ3n) is 4.90. The molecule has 1 aromatic heterocycles. The zero-order chi connectivity index (χ0) is 20.1. The lowest BCUT2D eigenvalue weighted by atomic mass is 10.1. The molecule has 0 aliphatic carbocycles.